The Kier molecular flexibility index (Phi) is 5.63. The molecule has 0 aromatic heterocycles. The van der Waals surface area contributed by atoms with Crippen molar-refractivity contribution in [2.24, 2.45) is 5.92 Å². The van der Waals surface area contributed by atoms with Gasteiger partial charge in [0.1, 0.15) is 12.4 Å². The highest BCUT2D eigenvalue weighted by Crippen LogP contribution is 2.26. The van der Waals surface area contributed by atoms with Crippen molar-refractivity contribution in [2.75, 3.05) is 51.3 Å². The molecular weight excluding hydrogens is 322 g/mol. The van der Waals surface area contributed by atoms with E-state index < -0.39 is 0 Å². The molecule has 2 aliphatic heterocycles. The largest absolute Gasteiger partial charge is 0.497 e. The predicted octanol–water partition coefficient (Wildman–Crippen LogP) is 1.48. The summed E-state index contributed by atoms with van der Waals surface area (Å²) >= 11 is 0. The number of anilines is 1. The van der Waals surface area contributed by atoms with Crippen molar-refractivity contribution in [3.63, 3.8) is 0 Å². The van der Waals surface area contributed by atoms with Gasteiger partial charge in [-0.1, -0.05) is 6.07 Å². The Morgan fingerprint density at radius 2 is 2.28 bits per heavy atom. The number of amides is 2. The number of carbonyl (C=O) groups is 2. The van der Waals surface area contributed by atoms with E-state index in [0.29, 0.717) is 38.6 Å². The molecule has 0 unspecified atom stereocenters. The maximum absolute atomic E-state index is 12.0. The van der Waals surface area contributed by atoms with Gasteiger partial charge in [0.15, 0.2) is 0 Å². The van der Waals surface area contributed by atoms with Crippen LogP contribution in [0.25, 0.3) is 0 Å². The minimum Gasteiger partial charge on any atom is -0.497 e. The molecule has 2 saturated heterocycles. The van der Waals surface area contributed by atoms with Crippen molar-refractivity contribution < 1.29 is 19.1 Å². The second-order valence-electron chi connectivity index (χ2n) is 6.46. The molecule has 2 aliphatic rings. The van der Waals surface area contributed by atoms with Crippen molar-refractivity contribution in [2.45, 2.75) is 12.8 Å². The number of carbonyl (C=O) groups excluding carboxylic acids is 2. The van der Waals surface area contributed by atoms with Crippen molar-refractivity contribution in [1.82, 2.24) is 10.2 Å². The zero-order chi connectivity index (χ0) is 17.6. The third kappa shape index (κ3) is 4.55. The van der Waals surface area contributed by atoms with Gasteiger partial charge < -0.3 is 24.6 Å². The molecule has 1 aromatic carbocycles. The number of nitrogens with zero attached hydrogens (tertiary/aromatic N) is 2. The normalized spacial score (nSPS) is 19.9. The van der Waals surface area contributed by atoms with E-state index in [-0.39, 0.29) is 12.0 Å². The Morgan fingerprint density at radius 1 is 1.40 bits per heavy atom. The second kappa shape index (κ2) is 8.09. The first-order valence-electron chi connectivity index (χ1n) is 8.73. The molecule has 0 bridgehead atoms. The Labute approximate surface area is 147 Å². The Hall–Kier alpha value is -2.44. The molecule has 2 heterocycles. The van der Waals surface area contributed by atoms with Gasteiger partial charge in [-0.05, 0) is 24.5 Å². The van der Waals surface area contributed by atoms with Crippen LogP contribution in [0, 0.1) is 5.92 Å². The lowest BCUT2D eigenvalue weighted by molar-refractivity contribution is -0.121. The van der Waals surface area contributed by atoms with Gasteiger partial charge >= 0.3 is 6.09 Å². The van der Waals surface area contributed by atoms with Crippen LogP contribution in [0.5, 0.6) is 5.75 Å². The van der Waals surface area contributed by atoms with Gasteiger partial charge in [0.2, 0.25) is 5.91 Å². The highest BCUT2D eigenvalue weighted by Gasteiger charge is 2.24. The van der Waals surface area contributed by atoms with Gasteiger partial charge in [-0.25, -0.2) is 4.79 Å². The fourth-order valence-corrected chi connectivity index (χ4v) is 3.25. The molecule has 0 spiro atoms. The van der Waals surface area contributed by atoms with E-state index >= 15 is 0 Å². The summed E-state index contributed by atoms with van der Waals surface area (Å²) in [4.78, 5) is 27.2. The highest BCUT2D eigenvalue weighted by molar-refractivity contribution is 5.77. The lowest BCUT2D eigenvalue weighted by Crippen LogP contribution is -2.34. The van der Waals surface area contributed by atoms with E-state index in [9.17, 15) is 9.59 Å². The van der Waals surface area contributed by atoms with Crippen molar-refractivity contribution in [1.29, 1.82) is 0 Å². The number of ether oxygens (including phenoxy) is 2. The van der Waals surface area contributed by atoms with Crippen molar-refractivity contribution in [3.05, 3.63) is 24.3 Å². The zero-order valence-electron chi connectivity index (χ0n) is 14.6. The van der Waals surface area contributed by atoms with Crippen LogP contribution in [0.15, 0.2) is 24.3 Å². The molecule has 1 N–H and O–H groups in total. The number of rotatable bonds is 7. The quantitative estimate of drug-likeness (QED) is 0.809. The summed E-state index contributed by atoms with van der Waals surface area (Å²) in [7, 11) is 1.67. The summed E-state index contributed by atoms with van der Waals surface area (Å²) in [5.74, 6) is 1.28. The third-order valence-corrected chi connectivity index (χ3v) is 4.75. The third-order valence-electron chi connectivity index (χ3n) is 4.75. The standard InChI is InChI=1S/C18H25N3O4/c1-24-16-4-2-3-15(11-16)21-7-5-14(13-21)12-19-17(22)6-8-20-9-10-25-18(20)23/h2-4,11,14H,5-10,12-13H2,1H3,(H,19,22)/t14-/m1/s1. The highest BCUT2D eigenvalue weighted by atomic mass is 16.6. The first-order valence-corrected chi connectivity index (χ1v) is 8.73. The summed E-state index contributed by atoms with van der Waals surface area (Å²) in [6.45, 7) is 3.99. The van der Waals surface area contributed by atoms with Crippen molar-refractivity contribution in [3.8, 4) is 5.75 Å². The summed E-state index contributed by atoms with van der Waals surface area (Å²) < 4.78 is 10.1. The second-order valence-corrected chi connectivity index (χ2v) is 6.46. The topological polar surface area (TPSA) is 71.1 Å². The van der Waals surface area contributed by atoms with Crippen molar-refractivity contribution >= 4 is 17.7 Å². The summed E-state index contributed by atoms with van der Waals surface area (Å²) in [5, 5.41) is 2.99. The Balaban J connectivity index is 1.39. The lowest BCUT2D eigenvalue weighted by Gasteiger charge is -2.19. The molecule has 2 amide bonds. The van der Waals surface area contributed by atoms with E-state index in [2.05, 4.69) is 16.3 Å². The van der Waals surface area contributed by atoms with Gasteiger partial charge in [0, 0.05) is 44.4 Å². The van der Waals surface area contributed by atoms with E-state index in [1.807, 2.05) is 18.2 Å². The SMILES string of the molecule is COc1cccc(N2CC[C@H](CNC(=O)CCN3CCOC3=O)C2)c1. The minimum atomic E-state index is -0.322. The van der Waals surface area contributed by atoms with E-state index in [4.69, 9.17) is 9.47 Å². The van der Waals surface area contributed by atoms with Crippen LogP contribution in [0.3, 0.4) is 0 Å². The monoisotopic (exact) mass is 347 g/mol. The molecule has 7 nitrogen and oxygen atoms in total. The predicted molar refractivity (Wildman–Crippen MR) is 93.9 cm³/mol. The van der Waals surface area contributed by atoms with Crippen LogP contribution in [-0.4, -0.2) is 63.3 Å². The number of benzene rings is 1. The van der Waals surface area contributed by atoms with Crippen LogP contribution in [0.2, 0.25) is 0 Å². The summed E-state index contributed by atoms with van der Waals surface area (Å²) in [5.41, 5.74) is 1.15. The molecule has 0 saturated carbocycles. The fourth-order valence-electron chi connectivity index (χ4n) is 3.25. The number of methoxy groups -OCH3 is 1. The first kappa shape index (κ1) is 17.4. The molecule has 25 heavy (non-hydrogen) atoms. The number of hydrogen-bond acceptors (Lipinski definition) is 5. The summed E-state index contributed by atoms with van der Waals surface area (Å²) in [6.07, 6.45) is 1.05. The molecule has 3 rings (SSSR count). The number of hydrogen-bond donors (Lipinski definition) is 1. The number of nitrogens with one attached hydrogen (secondary N) is 1. The van der Waals surface area contributed by atoms with Gasteiger partial charge in [-0.3, -0.25) is 4.79 Å². The molecule has 0 radical (unpaired) electrons. The van der Waals surface area contributed by atoms with Crippen LogP contribution in [0.1, 0.15) is 12.8 Å². The van der Waals surface area contributed by atoms with Crippen LogP contribution < -0.4 is 15.0 Å². The first-order chi connectivity index (χ1) is 12.2. The zero-order valence-corrected chi connectivity index (χ0v) is 14.6. The molecule has 2 fully saturated rings. The van der Waals surface area contributed by atoms with Gasteiger partial charge in [0.05, 0.1) is 13.7 Å². The van der Waals surface area contributed by atoms with Gasteiger partial charge in [0.25, 0.3) is 0 Å². The molecule has 7 heteroatoms. The van der Waals surface area contributed by atoms with E-state index in [1.165, 1.54) is 0 Å². The molecule has 136 valence electrons. The molecular formula is C18H25N3O4. The Bertz CT molecular complexity index is 622. The van der Waals surface area contributed by atoms with E-state index in [1.54, 1.807) is 12.0 Å². The van der Waals surface area contributed by atoms with Gasteiger partial charge in [-0.15, -0.1) is 0 Å². The minimum absolute atomic E-state index is 0.0143. The molecule has 1 atom stereocenters. The van der Waals surface area contributed by atoms with Crippen LogP contribution in [0.4, 0.5) is 10.5 Å². The lowest BCUT2D eigenvalue weighted by atomic mass is 10.1. The van der Waals surface area contributed by atoms with Crippen LogP contribution >= 0.6 is 0 Å². The summed E-state index contributed by atoms with van der Waals surface area (Å²) in [6, 6.07) is 8.05. The van der Waals surface area contributed by atoms with Gasteiger partial charge in [-0.2, -0.15) is 0 Å². The smallest absolute Gasteiger partial charge is 0.409 e. The maximum atomic E-state index is 12.0. The fraction of sp³-hybridized carbons (Fsp3) is 0.556. The molecule has 0 aliphatic carbocycles. The molecule has 1 aromatic rings. The Morgan fingerprint density at radius 3 is 3.04 bits per heavy atom. The van der Waals surface area contributed by atoms with E-state index in [0.717, 1.165) is 30.9 Å². The maximum Gasteiger partial charge on any atom is 0.409 e. The average Bonchev–Trinajstić information content (AvgIpc) is 3.27. The van der Waals surface area contributed by atoms with Crippen LogP contribution in [-0.2, 0) is 9.53 Å². The average molecular weight is 347 g/mol. The number of cyclic esters (lactones) is 1.